The maximum absolute atomic E-state index is 12.4. The first-order chi connectivity index (χ1) is 12.1. The first-order valence-corrected chi connectivity index (χ1v) is 9.28. The van der Waals surface area contributed by atoms with E-state index in [-0.39, 0.29) is 23.8 Å². The number of benzene rings is 1. The summed E-state index contributed by atoms with van der Waals surface area (Å²) < 4.78 is 5.19. The highest BCUT2D eigenvalue weighted by molar-refractivity contribution is 5.80. The van der Waals surface area contributed by atoms with E-state index in [9.17, 15) is 9.59 Å². The van der Waals surface area contributed by atoms with E-state index < -0.39 is 0 Å². The van der Waals surface area contributed by atoms with Gasteiger partial charge in [-0.15, -0.1) is 0 Å². The van der Waals surface area contributed by atoms with Crippen LogP contribution in [0.25, 0.3) is 0 Å². The van der Waals surface area contributed by atoms with Gasteiger partial charge in [0.05, 0.1) is 13.5 Å². The second kappa shape index (κ2) is 9.44. The lowest BCUT2D eigenvalue weighted by Crippen LogP contribution is -2.48. The molecular weight excluding hydrogens is 316 g/mol. The second-order valence-electron chi connectivity index (χ2n) is 6.71. The fourth-order valence-electron chi connectivity index (χ4n) is 3.39. The zero-order valence-electron chi connectivity index (χ0n) is 15.6. The van der Waals surface area contributed by atoms with Crippen LogP contribution in [-0.4, -0.2) is 43.0 Å². The molecule has 5 nitrogen and oxygen atoms in total. The third-order valence-corrected chi connectivity index (χ3v) is 5.01. The summed E-state index contributed by atoms with van der Waals surface area (Å²) in [5, 5.41) is 3.10. The minimum absolute atomic E-state index is 0.0259. The normalized spacial score (nSPS) is 15.3. The van der Waals surface area contributed by atoms with Gasteiger partial charge in [-0.2, -0.15) is 0 Å². The summed E-state index contributed by atoms with van der Waals surface area (Å²) in [6.45, 7) is 5.61. The molecule has 138 valence electrons. The minimum atomic E-state index is 0.0259. The largest absolute Gasteiger partial charge is 0.497 e. The summed E-state index contributed by atoms with van der Waals surface area (Å²) in [4.78, 5) is 26.6. The number of carbonyl (C=O) groups is 2. The third kappa shape index (κ3) is 5.48. The molecule has 1 aliphatic rings. The molecule has 0 bridgehead atoms. The van der Waals surface area contributed by atoms with Gasteiger partial charge in [-0.05, 0) is 43.4 Å². The standard InChI is InChI=1S/C20H30N2O3/c1-4-16(5-2)20(24)22-11-9-17(10-12-22)21-19(23)14-15-7-6-8-18(13-15)25-3/h6-8,13,16-17H,4-5,9-12,14H2,1-3H3,(H,21,23). The van der Waals surface area contributed by atoms with E-state index in [1.807, 2.05) is 29.2 Å². The van der Waals surface area contributed by atoms with Crippen LogP contribution in [-0.2, 0) is 16.0 Å². The molecule has 0 saturated carbocycles. The molecule has 1 aromatic carbocycles. The molecule has 2 amide bonds. The molecule has 0 atom stereocenters. The van der Waals surface area contributed by atoms with Crippen LogP contribution in [0.4, 0.5) is 0 Å². The highest BCUT2D eigenvalue weighted by atomic mass is 16.5. The summed E-state index contributed by atoms with van der Waals surface area (Å²) in [7, 11) is 1.62. The Bertz CT molecular complexity index is 576. The molecular formula is C20H30N2O3. The first kappa shape index (κ1) is 19.3. The van der Waals surface area contributed by atoms with Crippen LogP contribution in [0.3, 0.4) is 0 Å². The van der Waals surface area contributed by atoms with E-state index in [0.717, 1.165) is 50.1 Å². The van der Waals surface area contributed by atoms with Crippen LogP contribution in [0.5, 0.6) is 5.75 Å². The van der Waals surface area contributed by atoms with Crippen molar-refractivity contribution in [2.75, 3.05) is 20.2 Å². The molecule has 1 aromatic rings. The summed E-state index contributed by atoms with van der Waals surface area (Å²) in [5.74, 6) is 1.20. The van der Waals surface area contributed by atoms with Crippen LogP contribution >= 0.6 is 0 Å². The van der Waals surface area contributed by atoms with Gasteiger partial charge in [0.25, 0.3) is 0 Å². The van der Waals surface area contributed by atoms with Crippen molar-refractivity contribution in [3.05, 3.63) is 29.8 Å². The number of hydrogen-bond donors (Lipinski definition) is 1. The van der Waals surface area contributed by atoms with Crippen molar-refractivity contribution in [1.29, 1.82) is 0 Å². The predicted octanol–water partition coefficient (Wildman–Crippen LogP) is 2.78. The van der Waals surface area contributed by atoms with Crippen molar-refractivity contribution >= 4 is 11.8 Å². The topological polar surface area (TPSA) is 58.6 Å². The molecule has 0 unspecified atom stereocenters. The van der Waals surface area contributed by atoms with Crippen molar-refractivity contribution in [3.8, 4) is 5.75 Å². The number of hydrogen-bond acceptors (Lipinski definition) is 3. The van der Waals surface area contributed by atoms with Crippen molar-refractivity contribution < 1.29 is 14.3 Å². The van der Waals surface area contributed by atoms with Gasteiger partial charge in [-0.3, -0.25) is 9.59 Å². The Balaban J connectivity index is 1.79. The Labute approximate surface area is 150 Å². The van der Waals surface area contributed by atoms with Crippen molar-refractivity contribution in [1.82, 2.24) is 10.2 Å². The van der Waals surface area contributed by atoms with E-state index >= 15 is 0 Å². The molecule has 0 aromatic heterocycles. The van der Waals surface area contributed by atoms with Gasteiger partial charge in [0.1, 0.15) is 5.75 Å². The molecule has 1 saturated heterocycles. The second-order valence-corrected chi connectivity index (χ2v) is 6.71. The van der Waals surface area contributed by atoms with Crippen LogP contribution in [0.1, 0.15) is 45.1 Å². The van der Waals surface area contributed by atoms with Crippen molar-refractivity contribution in [2.45, 2.75) is 52.0 Å². The van der Waals surface area contributed by atoms with Crippen LogP contribution in [0.15, 0.2) is 24.3 Å². The number of piperidine rings is 1. The molecule has 1 heterocycles. The number of nitrogens with zero attached hydrogens (tertiary/aromatic N) is 1. The molecule has 0 radical (unpaired) electrons. The van der Waals surface area contributed by atoms with Crippen LogP contribution < -0.4 is 10.1 Å². The van der Waals surface area contributed by atoms with Gasteiger partial charge in [-0.25, -0.2) is 0 Å². The number of carbonyl (C=O) groups excluding carboxylic acids is 2. The summed E-state index contributed by atoms with van der Waals surface area (Å²) in [5.41, 5.74) is 0.943. The molecule has 25 heavy (non-hydrogen) atoms. The Morgan fingerprint density at radius 2 is 1.92 bits per heavy atom. The summed E-state index contributed by atoms with van der Waals surface area (Å²) in [6, 6.07) is 7.73. The van der Waals surface area contributed by atoms with Gasteiger partial charge < -0.3 is 15.0 Å². The minimum Gasteiger partial charge on any atom is -0.497 e. The Kier molecular flexibility index (Phi) is 7.29. The quantitative estimate of drug-likeness (QED) is 0.826. The third-order valence-electron chi connectivity index (χ3n) is 5.01. The van der Waals surface area contributed by atoms with E-state index in [1.54, 1.807) is 7.11 Å². The highest BCUT2D eigenvalue weighted by Crippen LogP contribution is 2.18. The number of ether oxygens (including phenoxy) is 1. The maximum atomic E-state index is 12.4. The van der Waals surface area contributed by atoms with Crippen LogP contribution in [0.2, 0.25) is 0 Å². The SMILES string of the molecule is CCC(CC)C(=O)N1CCC(NC(=O)Cc2cccc(OC)c2)CC1. The van der Waals surface area contributed by atoms with Gasteiger partial charge in [0.15, 0.2) is 0 Å². The predicted molar refractivity (Wildman–Crippen MR) is 98.5 cm³/mol. The molecule has 0 spiro atoms. The van der Waals surface area contributed by atoms with Gasteiger partial charge >= 0.3 is 0 Å². The first-order valence-electron chi connectivity index (χ1n) is 9.28. The van der Waals surface area contributed by atoms with Crippen molar-refractivity contribution in [2.24, 2.45) is 5.92 Å². The fraction of sp³-hybridized carbons (Fsp3) is 0.600. The van der Waals surface area contributed by atoms with E-state index in [0.29, 0.717) is 6.42 Å². The maximum Gasteiger partial charge on any atom is 0.225 e. The van der Waals surface area contributed by atoms with Crippen LogP contribution in [0, 0.1) is 5.92 Å². The number of amides is 2. The van der Waals surface area contributed by atoms with Gasteiger partial charge in [0, 0.05) is 25.0 Å². The lowest BCUT2D eigenvalue weighted by molar-refractivity contribution is -0.137. The molecule has 1 fully saturated rings. The van der Waals surface area contributed by atoms with E-state index in [1.165, 1.54) is 0 Å². The van der Waals surface area contributed by atoms with E-state index in [4.69, 9.17) is 4.74 Å². The monoisotopic (exact) mass is 346 g/mol. The average molecular weight is 346 g/mol. The Morgan fingerprint density at radius 1 is 1.24 bits per heavy atom. The average Bonchev–Trinajstić information content (AvgIpc) is 2.63. The summed E-state index contributed by atoms with van der Waals surface area (Å²) >= 11 is 0. The van der Waals surface area contributed by atoms with Gasteiger partial charge in [-0.1, -0.05) is 26.0 Å². The smallest absolute Gasteiger partial charge is 0.225 e. The number of nitrogens with one attached hydrogen (secondary N) is 1. The number of methoxy groups -OCH3 is 1. The number of likely N-dealkylation sites (tertiary alicyclic amines) is 1. The molecule has 0 aliphatic carbocycles. The molecule has 1 aliphatic heterocycles. The molecule has 2 rings (SSSR count). The summed E-state index contributed by atoms with van der Waals surface area (Å²) in [6.07, 6.45) is 3.80. The Hall–Kier alpha value is -2.04. The fourth-order valence-corrected chi connectivity index (χ4v) is 3.39. The van der Waals surface area contributed by atoms with Crippen molar-refractivity contribution in [3.63, 3.8) is 0 Å². The zero-order chi connectivity index (χ0) is 18.2. The molecule has 5 heteroatoms. The lowest BCUT2D eigenvalue weighted by Gasteiger charge is -2.34. The zero-order valence-corrected chi connectivity index (χ0v) is 15.6. The highest BCUT2D eigenvalue weighted by Gasteiger charge is 2.27. The Morgan fingerprint density at radius 3 is 2.52 bits per heavy atom. The van der Waals surface area contributed by atoms with E-state index in [2.05, 4.69) is 19.2 Å². The van der Waals surface area contributed by atoms with Gasteiger partial charge in [0.2, 0.25) is 11.8 Å². The lowest BCUT2D eigenvalue weighted by atomic mass is 9.98. The molecule has 1 N–H and O–H groups in total. The number of rotatable bonds is 7.